The fourth-order valence-corrected chi connectivity index (χ4v) is 2.25. The maximum Gasteiger partial charge on any atom is 0.277 e. The lowest BCUT2D eigenvalue weighted by atomic mass is 9.99. The lowest BCUT2D eigenvalue weighted by Gasteiger charge is -2.39. The third kappa shape index (κ3) is 3.22. The van der Waals surface area contributed by atoms with Gasteiger partial charge >= 0.3 is 0 Å². The molecule has 1 fully saturated rings. The van der Waals surface area contributed by atoms with Gasteiger partial charge in [0, 0.05) is 7.11 Å². The predicted octanol–water partition coefficient (Wildman–Crippen LogP) is -2.95. The first-order valence-electron chi connectivity index (χ1n) is 6.34. The SMILES string of the molecule is COC1OC(Cn2cc([NH+]([O-])O)nc2C)C(O)C(O)C1O. The first kappa shape index (κ1) is 16.3. The predicted molar refractivity (Wildman–Crippen MR) is 66.4 cm³/mol. The second kappa shape index (κ2) is 6.34. The van der Waals surface area contributed by atoms with E-state index in [1.807, 2.05) is 0 Å². The Morgan fingerprint density at radius 1 is 1.38 bits per heavy atom. The molecule has 1 aromatic heterocycles. The Balaban J connectivity index is 2.14. The highest BCUT2D eigenvalue weighted by Crippen LogP contribution is 2.23. The number of rotatable bonds is 4. The van der Waals surface area contributed by atoms with E-state index < -0.39 is 35.9 Å². The Hall–Kier alpha value is -1.11. The highest BCUT2D eigenvalue weighted by atomic mass is 16.8. The molecule has 1 aliphatic rings. The lowest BCUT2D eigenvalue weighted by molar-refractivity contribution is -0.993. The van der Waals surface area contributed by atoms with E-state index >= 15 is 0 Å². The molecule has 21 heavy (non-hydrogen) atoms. The number of aliphatic hydroxyl groups excluding tert-OH is 3. The zero-order chi connectivity index (χ0) is 15.7. The third-order valence-electron chi connectivity index (χ3n) is 3.47. The molecule has 10 nitrogen and oxygen atoms in total. The molecule has 0 amide bonds. The Labute approximate surface area is 120 Å². The topological polar surface area (TPSA) is 145 Å². The number of ether oxygens (including phenoxy) is 2. The first-order valence-corrected chi connectivity index (χ1v) is 6.34. The van der Waals surface area contributed by atoms with Crippen LogP contribution in [0.25, 0.3) is 0 Å². The smallest absolute Gasteiger partial charge is 0.277 e. The van der Waals surface area contributed by atoms with Crippen LogP contribution in [0.5, 0.6) is 0 Å². The Morgan fingerprint density at radius 2 is 2.05 bits per heavy atom. The number of aromatic nitrogens is 2. The summed E-state index contributed by atoms with van der Waals surface area (Å²) in [6.45, 7) is 1.68. The molecule has 1 aromatic rings. The van der Waals surface area contributed by atoms with E-state index in [0.29, 0.717) is 5.82 Å². The van der Waals surface area contributed by atoms with Gasteiger partial charge in [-0.15, -0.1) is 0 Å². The minimum atomic E-state index is -1.42. The van der Waals surface area contributed by atoms with Gasteiger partial charge in [0.25, 0.3) is 5.82 Å². The van der Waals surface area contributed by atoms with E-state index in [1.165, 1.54) is 17.9 Å². The largest absolute Gasteiger partial charge is 0.594 e. The highest BCUT2D eigenvalue weighted by Gasteiger charge is 2.44. The number of imidazole rings is 1. The second-order valence-corrected chi connectivity index (χ2v) is 4.88. The minimum Gasteiger partial charge on any atom is -0.594 e. The van der Waals surface area contributed by atoms with Gasteiger partial charge in [-0.2, -0.15) is 10.2 Å². The standard InChI is InChI=1S/C11H19N3O7/c1-5-12-7(14(18)19)4-13(5)3-6-8(15)9(16)10(17)11(20-2)21-6/h4,6,8-11,14-18H,3H2,1-2H3. The molecule has 2 rings (SSSR count). The van der Waals surface area contributed by atoms with Crippen LogP contribution >= 0.6 is 0 Å². The van der Waals surface area contributed by atoms with Crippen LogP contribution in [0.2, 0.25) is 0 Å². The van der Waals surface area contributed by atoms with Crippen molar-refractivity contribution in [3.8, 4) is 0 Å². The van der Waals surface area contributed by atoms with Gasteiger partial charge in [-0.25, -0.2) is 5.21 Å². The summed E-state index contributed by atoms with van der Waals surface area (Å²) in [6.07, 6.45) is -4.75. The Kier molecular flexibility index (Phi) is 4.91. The average Bonchev–Trinajstić information content (AvgIpc) is 2.81. The number of methoxy groups -OCH3 is 1. The van der Waals surface area contributed by atoms with E-state index in [2.05, 4.69) is 4.98 Å². The van der Waals surface area contributed by atoms with Gasteiger partial charge in [-0.3, -0.25) is 0 Å². The van der Waals surface area contributed by atoms with Crippen molar-refractivity contribution in [1.29, 1.82) is 0 Å². The van der Waals surface area contributed by atoms with Gasteiger partial charge in [0.05, 0.1) is 12.7 Å². The highest BCUT2D eigenvalue weighted by molar-refractivity contribution is 5.16. The van der Waals surface area contributed by atoms with Gasteiger partial charge in [0.2, 0.25) is 0 Å². The Bertz CT molecular complexity index is 478. The van der Waals surface area contributed by atoms with Crippen molar-refractivity contribution in [3.05, 3.63) is 17.2 Å². The van der Waals surface area contributed by atoms with Gasteiger partial charge in [-0.05, 0) is 6.92 Å². The van der Waals surface area contributed by atoms with Crippen molar-refractivity contribution >= 4 is 5.82 Å². The molecular formula is C11H19N3O7. The zero-order valence-corrected chi connectivity index (χ0v) is 11.6. The molecule has 1 saturated heterocycles. The van der Waals surface area contributed by atoms with Gasteiger partial charge in [0.1, 0.15) is 30.2 Å². The van der Waals surface area contributed by atoms with Crippen molar-refractivity contribution in [1.82, 2.24) is 9.55 Å². The number of hydrogen-bond donors (Lipinski definition) is 5. The van der Waals surface area contributed by atoms with E-state index in [9.17, 15) is 20.5 Å². The van der Waals surface area contributed by atoms with Crippen LogP contribution in [0, 0.1) is 12.1 Å². The van der Waals surface area contributed by atoms with E-state index in [4.69, 9.17) is 14.7 Å². The summed E-state index contributed by atoms with van der Waals surface area (Å²) in [5.41, 5.74) is 0. The molecule has 120 valence electrons. The van der Waals surface area contributed by atoms with Crippen LogP contribution in [0.3, 0.4) is 0 Å². The van der Waals surface area contributed by atoms with Crippen molar-refractivity contribution < 1.29 is 35.2 Å². The number of quaternary nitrogens is 1. The Morgan fingerprint density at radius 3 is 2.57 bits per heavy atom. The van der Waals surface area contributed by atoms with Crippen LogP contribution in [-0.4, -0.2) is 67.9 Å². The van der Waals surface area contributed by atoms with Crippen molar-refractivity contribution in [2.45, 2.75) is 44.2 Å². The number of aliphatic hydroxyl groups is 3. The maximum absolute atomic E-state index is 10.9. The van der Waals surface area contributed by atoms with Crippen LogP contribution in [0.1, 0.15) is 5.82 Å². The molecule has 0 radical (unpaired) electrons. The third-order valence-corrected chi connectivity index (χ3v) is 3.47. The molecule has 0 spiro atoms. The maximum atomic E-state index is 10.9. The van der Waals surface area contributed by atoms with Crippen LogP contribution in [0.4, 0.5) is 5.82 Å². The summed E-state index contributed by atoms with van der Waals surface area (Å²) in [6, 6.07) is 0. The molecule has 6 unspecified atom stereocenters. The number of aryl methyl sites for hydroxylation is 1. The molecule has 0 saturated carbocycles. The quantitative estimate of drug-likeness (QED) is 0.371. The average molecular weight is 305 g/mol. The normalized spacial score (nSPS) is 34.9. The molecular weight excluding hydrogens is 286 g/mol. The summed E-state index contributed by atoms with van der Waals surface area (Å²) in [4.78, 5) is 3.86. The zero-order valence-electron chi connectivity index (χ0n) is 11.6. The van der Waals surface area contributed by atoms with Crippen LogP contribution in [-0.2, 0) is 16.0 Å². The molecule has 0 aliphatic carbocycles. The van der Waals surface area contributed by atoms with E-state index in [-0.39, 0.29) is 12.4 Å². The number of nitrogens with zero attached hydrogens (tertiary/aromatic N) is 2. The van der Waals surface area contributed by atoms with Crippen LogP contribution in [0.15, 0.2) is 6.20 Å². The van der Waals surface area contributed by atoms with Crippen molar-refractivity contribution in [2.75, 3.05) is 7.11 Å². The molecule has 0 aromatic carbocycles. The van der Waals surface area contributed by atoms with E-state index in [1.54, 1.807) is 6.92 Å². The fourth-order valence-electron chi connectivity index (χ4n) is 2.25. The monoisotopic (exact) mass is 305 g/mol. The minimum absolute atomic E-state index is 0.0664. The molecule has 6 atom stereocenters. The van der Waals surface area contributed by atoms with Crippen molar-refractivity contribution in [2.24, 2.45) is 0 Å². The first-order chi connectivity index (χ1) is 9.85. The van der Waals surface area contributed by atoms with Crippen LogP contribution < -0.4 is 5.23 Å². The van der Waals surface area contributed by atoms with Gasteiger partial charge < -0.3 is 34.6 Å². The summed E-state index contributed by atoms with van der Waals surface area (Å²) >= 11 is 0. The molecule has 0 bridgehead atoms. The van der Waals surface area contributed by atoms with Crippen molar-refractivity contribution in [3.63, 3.8) is 0 Å². The van der Waals surface area contributed by atoms with Gasteiger partial charge in [0.15, 0.2) is 6.29 Å². The van der Waals surface area contributed by atoms with E-state index in [0.717, 1.165) is 0 Å². The molecule has 2 heterocycles. The second-order valence-electron chi connectivity index (χ2n) is 4.88. The summed E-state index contributed by atoms with van der Waals surface area (Å²) in [5.74, 6) is 0.305. The fraction of sp³-hybridized carbons (Fsp3) is 0.727. The summed E-state index contributed by atoms with van der Waals surface area (Å²) in [5, 5.41) is 48.0. The summed E-state index contributed by atoms with van der Waals surface area (Å²) in [7, 11) is 1.31. The lowest BCUT2D eigenvalue weighted by Crippen LogP contribution is -2.99. The summed E-state index contributed by atoms with van der Waals surface area (Å²) < 4.78 is 11.8. The van der Waals surface area contributed by atoms with Gasteiger partial charge in [-0.1, -0.05) is 0 Å². The molecule has 5 N–H and O–H groups in total. The molecule has 1 aliphatic heterocycles. The number of hydrogen-bond acceptors (Lipinski definition) is 8. The number of nitrogens with one attached hydrogen (secondary N) is 1. The molecule has 10 heteroatoms.